The predicted molar refractivity (Wildman–Crippen MR) is 99.3 cm³/mol. The number of ether oxygens (including phenoxy) is 2. The van der Waals surface area contributed by atoms with Gasteiger partial charge in [-0.2, -0.15) is 0 Å². The molecule has 1 aromatic carbocycles. The molecular weight excluding hydrogens is 340 g/mol. The minimum atomic E-state index is -0.540. The van der Waals surface area contributed by atoms with Crippen molar-refractivity contribution in [2.45, 2.75) is 0 Å². The fraction of sp³-hybridized carbons (Fsp3) is 0.167. The summed E-state index contributed by atoms with van der Waals surface area (Å²) in [7, 11) is 1.51. The van der Waals surface area contributed by atoms with Crippen molar-refractivity contribution in [2.75, 3.05) is 20.3 Å². The standard InChI is InChI=1S/C18H18N2O4S/c1-4-8-20-17(22)13(16(21)19-18(20)25)10-12-6-7-14(24-9-5-2)15(11-12)23-3/h4-7,10-11H,1-2,8-9H2,3H3,(H,19,21,25)/b13-10+. The minimum Gasteiger partial charge on any atom is -0.493 e. The second-order valence-electron chi connectivity index (χ2n) is 5.03. The van der Waals surface area contributed by atoms with Gasteiger partial charge in [-0.05, 0) is 36.0 Å². The summed E-state index contributed by atoms with van der Waals surface area (Å²) in [6.07, 6.45) is 4.64. The third-order valence-corrected chi connectivity index (χ3v) is 3.68. The second kappa shape index (κ2) is 8.25. The minimum absolute atomic E-state index is 0.0164. The van der Waals surface area contributed by atoms with Gasteiger partial charge in [-0.25, -0.2) is 0 Å². The van der Waals surface area contributed by atoms with Crippen LogP contribution in [0.5, 0.6) is 11.5 Å². The Balaban J connectivity index is 2.35. The summed E-state index contributed by atoms with van der Waals surface area (Å²) >= 11 is 5.02. The first-order valence-corrected chi connectivity index (χ1v) is 7.84. The molecule has 0 unspecified atom stereocenters. The maximum atomic E-state index is 12.5. The Labute approximate surface area is 151 Å². The lowest BCUT2D eigenvalue weighted by Crippen LogP contribution is -2.53. The quantitative estimate of drug-likeness (QED) is 0.350. The molecule has 1 fully saturated rings. The maximum absolute atomic E-state index is 12.5. The van der Waals surface area contributed by atoms with Crippen LogP contribution in [0.1, 0.15) is 5.56 Å². The van der Waals surface area contributed by atoms with Gasteiger partial charge >= 0.3 is 0 Å². The fourth-order valence-corrected chi connectivity index (χ4v) is 2.45. The van der Waals surface area contributed by atoms with Gasteiger partial charge in [0.2, 0.25) is 0 Å². The van der Waals surface area contributed by atoms with Crippen LogP contribution in [0.4, 0.5) is 0 Å². The van der Waals surface area contributed by atoms with Crippen molar-refractivity contribution in [3.63, 3.8) is 0 Å². The Kier molecular flexibility index (Phi) is 6.08. The Morgan fingerprint density at radius 1 is 1.24 bits per heavy atom. The number of nitrogens with one attached hydrogen (secondary N) is 1. The average Bonchev–Trinajstić information content (AvgIpc) is 2.60. The molecule has 25 heavy (non-hydrogen) atoms. The molecule has 2 amide bonds. The normalized spacial score (nSPS) is 15.8. The molecule has 0 aliphatic carbocycles. The zero-order valence-electron chi connectivity index (χ0n) is 13.8. The molecular formula is C18H18N2O4S. The van der Waals surface area contributed by atoms with Crippen molar-refractivity contribution < 1.29 is 19.1 Å². The number of hydrogen-bond acceptors (Lipinski definition) is 5. The summed E-state index contributed by atoms with van der Waals surface area (Å²) in [6.45, 7) is 7.73. The van der Waals surface area contributed by atoms with Gasteiger partial charge in [0.15, 0.2) is 16.6 Å². The van der Waals surface area contributed by atoms with Crippen molar-refractivity contribution in [2.24, 2.45) is 0 Å². The van der Waals surface area contributed by atoms with Crippen LogP contribution in [0, 0.1) is 0 Å². The van der Waals surface area contributed by atoms with Gasteiger partial charge in [0.05, 0.1) is 7.11 Å². The summed E-state index contributed by atoms with van der Waals surface area (Å²) in [5.74, 6) is 0.0117. The van der Waals surface area contributed by atoms with Gasteiger partial charge in [-0.1, -0.05) is 24.8 Å². The summed E-state index contributed by atoms with van der Waals surface area (Å²) in [5.41, 5.74) is 0.602. The zero-order valence-corrected chi connectivity index (χ0v) is 14.6. The molecule has 0 aromatic heterocycles. The predicted octanol–water partition coefficient (Wildman–Crippen LogP) is 2.07. The monoisotopic (exact) mass is 358 g/mol. The molecule has 1 heterocycles. The highest BCUT2D eigenvalue weighted by Crippen LogP contribution is 2.29. The summed E-state index contributed by atoms with van der Waals surface area (Å²) in [6, 6.07) is 5.10. The van der Waals surface area contributed by atoms with E-state index in [1.54, 1.807) is 24.3 Å². The zero-order chi connectivity index (χ0) is 18.4. The third kappa shape index (κ3) is 4.13. The van der Waals surface area contributed by atoms with Crippen molar-refractivity contribution in [3.8, 4) is 11.5 Å². The van der Waals surface area contributed by atoms with Crippen LogP contribution >= 0.6 is 12.2 Å². The van der Waals surface area contributed by atoms with Crippen LogP contribution < -0.4 is 14.8 Å². The fourth-order valence-electron chi connectivity index (χ4n) is 2.20. The number of carbonyl (C=O) groups is 2. The first kappa shape index (κ1) is 18.4. The molecule has 0 saturated carbocycles. The van der Waals surface area contributed by atoms with E-state index in [9.17, 15) is 9.59 Å². The number of benzene rings is 1. The molecule has 2 rings (SSSR count). The lowest BCUT2D eigenvalue weighted by atomic mass is 10.1. The lowest BCUT2D eigenvalue weighted by Gasteiger charge is -2.27. The van der Waals surface area contributed by atoms with Gasteiger partial charge < -0.3 is 9.47 Å². The molecule has 130 valence electrons. The first-order valence-electron chi connectivity index (χ1n) is 7.43. The average molecular weight is 358 g/mol. The van der Waals surface area contributed by atoms with Gasteiger partial charge in [0.1, 0.15) is 12.2 Å². The van der Waals surface area contributed by atoms with Crippen molar-refractivity contribution >= 4 is 35.2 Å². The molecule has 1 aliphatic rings. The number of carbonyl (C=O) groups excluding carboxylic acids is 2. The topological polar surface area (TPSA) is 67.9 Å². The molecule has 0 bridgehead atoms. The largest absolute Gasteiger partial charge is 0.493 e. The summed E-state index contributed by atoms with van der Waals surface area (Å²) in [4.78, 5) is 25.9. The van der Waals surface area contributed by atoms with E-state index < -0.39 is 11.8 Å². The Bertz CT molecular complexity index is 770. The van der Waals surface area contributed by atoms with Crippen LogP contribution in [-0.2, 0) is 9.59 Å². The van der Waals surface area contributed by atoms with Crippen molar-refractivity contribution in [1.29, 1.82) is 0 Å². The first-order chi connectivity index (χ1) is 12.0. The van der Waals surface area contributed by atoms with Crippen LogP contribution in [-0.4, -0.2) is 42.1 Å². The number of methoxy groups -OCH3 is 1. The van der Waals surface area contributed by atoms with Crippen molar-refractivity contribution in [1.82, 2.24) is 10.2 Å². The van der Waals surface area contributed by atoms with E-state index in [-0.39, 0.29) is 17.2 Å². The van der Waals surface area contributed by atoms with E-state index >= 15 is 0 Å². The van der Waals surface area contributed by atoms with Crippen LogP contribution in [0.15, 0.2) is 49.1 Å². The molecule has 1 saturated heterocycles. The smallest absolute Gasteiger partial charge is 0.265 e. The highest BCUT2D eigenvalue weighted by molar-refractivity contribution is 7.80. The van der Waals surface area contributed by atoms with Gasteiger partial charge in [-0.3, -0.25) is 19.8 Å². The van der Waals surface area contributed by atoms with E-state index in [0.29, 0.717) is 23.7 Å². The summed E-state index contributed by atoms with van der Waals surface area (Å²) in [5, 5.41) is 2.56. The Morgan fingerprint density at radius 3 is 2.64 bits per heavy atom. The molecule has 1 aromatic rings. The number of amides is 2. The Morgan fingerprint density at radius 2 is 2.00 bits per heavy atom. The SMILES string of the molecule is C=CCOc1ccc(/C=C2\C(=O)NC(=S)N(CC=C)C2=O)cc1OC. The summed E-state index contributed by atoms with van der Waals surface area (Å²) < 4.78 is 10.8. The highest BCUT2D eigenvalue weighted by atomic mass is 32.1. The van der Waals surface area contributed by atoms with E-state index in [1.165, 1.54) is 24.2 Å². The molecule has 0 atom stereocenters. The lowest BCUT2D eigenvalue weighted by molar-refractivity contribution is -0.128. The van der Waals surface area contributed by atoms with E-state index in [4.69, 9.17) is 21.7 Å². The van der Waals surface area contributed by atoms with Crippen LogP contribution in [0.2, 0.25) is 0 Å². The number of hydrogen-bond donors (Lipinski definition) is 1. The third-order valence-electron chi connectivity index (χ3n) is 3.35. The second-order valence-corrected chi connectivity index (χ2v) is 5.42. The number of nitrogens with zero attached hydrogens (tertiary/aromatic N) is 1. The molecule has 7 heteroatoms. The van der Waals surface area contributed by atoms with E-state index in [2.05, 4.69) is 18.5 Å². The molecule has 0 radical (unpaired) electrons. The molecule has 6 nitrogen and oxygen atoms in total. The van der Waals surface area contributed by atoms with Gasteiger partial charge in [-0.15, -0.1) is 6.58 Å². The van der Waals surface area contributed by atoms with Crippen LogP contribution in [0.25, 0.3) is 6.08 Å². The van der Waals surface area contributed by atoms with E-state index in [0.717, 1.165) is 0 Å². The van der Waals surface area contributed by atoms with Gasteiger partial charge in [0, 0.05) is 6.54 Å². The highest BCUT2D eigenvalue weighted by Gasteiger charge is 2.32. The molecule has 1 N–H and O–H groups in total. The maximum Gasteiger partial charge on any atom is 0.265 e. The van der Waals surface area contributed by atoms with E-state index in [1.807, 2.05) is 0 Å². The molecule has 1 aliphatic heterocycles. The number of rotatable bonds is 7. The van der Waals surface area contributed by atoms with Crippen LogP contribution in [0.3, 0.4) is 0 Å². The van der Waals surface area contributed by atoms with Crippen molar-refractivity contribution in [3.05, 3.63) is 54.6 Å². The number of thiocarbonyl (C=S) groups is 1. The molecule has 0 spiro atoms. The Hall–Kier alpha value is -2.93. The van der Waals surface area contributed by atoms with Gasteiger partial charge in [0.25, 0.3) is 11.8 Å².